The molecule has 0 N–H and O–H groups in total. The first-order chi connectivity index (χ1) is 17.8. The average Bonchev–Trinajstić information content (AvgIpc) is 2.87. The zero-order valence-corrected chi connectivity index (χ0v) is 35.4. The molecule has 0 bridgehead atoms. The summed E-state index contributed by atoms with van der Waals surface area (Å²) < 4.78 is 1.11. The molecule has 1 aliphatic rings. The van der Waals surface area contributed by atoms with Gasteiger partial charge in [0.05, 0.1) is 9.16 Å². The molecule has 37 heavy (non-hydrogen) atoms. The maximum absolute atomic E-state index is 5.12. The van der Waals surface area contributed by atoms with Crippen molar-refractivity contribution in [3.05, 3.63) is 0 Å². The van der Waals surface area contributed by atoms with E-state index in [9.17, 15) is 0 Å². The highest BCUT2D eigenvalue weighted by atomic mass is 32.3. The predicted molar refractivity (Wildman–Crippen MR) is 232 cm³/mol. The smallest absolute Gasteiger partial charge is 0.0728 e. The first-order valence-electron chi connectivity index (χ1n) is 11.1. The highest BCUT2D eigenvalue weighted by molar-refractivity contribution is 8.34. The molecule has 1 aliphatic heterocycles. The molecule has 1 rings (SSSR count). The molecule has 0 nitrogen and oxygen atoms in total. The van der Waals surface area contributed by atoms with E-state index in [1.807, 2.05) is 47.0 Å². The van der Waals surface area contributed by atoms with Crippen LogP contribution >= 0.6 is 220 Å². The molecule has 0 radical (unpaired) electrons. The Labute approximate surface area is 315 Å². The van der Waals surface area contributed by atoms with Crippen LogP contribution in [0.25, 0.3) is 0 Å². The van der Waals surface area contributed by atoms with Crippen LogP contribution in [0.2, 0.25) is 0 Å². The number of hydrogen-bond donors (Lipinski definition) is 10. The Kier molecular flexibility index (Phi) is 28.4. The van der Waals surface area contributed by atoms with Gasteiger partial charge in [-0.1, -0.05) is 0 Å². The number of thiol groups is 10. The van der Waals surface area contributed by atoms with Crippen molar-refractivity contribution >= 4 is 220 Å². The van der Waals surface area contributed by atoms with E-state index in [0.29, 0.717) is 30.2 Å². The van der Waals surface area contributed by atoms with Gasteiger partial charge in [0.1, 0.15) is 0 Å². The third kappa shape index (κ3) is 15.6. The van der Waals surface area contributed by atoms with Crippen LogP contribution in [-0.2, 0) is 0 Å². The van der Waals surface area contributed by atoms with Gasteiger partial charge in [-0.15, -0.1) is 94.1 Å². The lowest BCUT2D eigenvalue weighted by Gasteiger charge is -2.37. The van der Waals surface area contributed by atoms with Gasteiger partial charge in [0.15, 0.2) is 0 Å². The molecule has 8 atom stereocenters. The van der Waals surface area contributed by atoms with E-state index in [2.05, 4.69) is 123 Å². The van der Waals surface area contributed by atoms with Crippen LogP contribution in [0.4, 0.5) is 0 Å². The average molecular weight is 844 g/mol. The fourth-order valence-electron chi connectivity index (χ4n) is 3.34. The summed E-state index contributed by atoms with van der Waals surface area (Å²) in [4.78, 5) is 0. The normalized spacial score (nSPS) is 21.9. The highest BCUT2D eigenvalue weighted by Crippen LogP contribution is 2.50. The van der Waals surface area contributed by atoms with E-state index in [-0.39, 0.29) is 21.0 Å². The molecule has 8 unspecified atom stereocenters. The van der Waals surface area contributed by atoms with Crippen LogP contribution in [0.5, 0.6) is 0 Å². The van der Waals surface area contributed by atoms with Crippen molar-refractivity contribution in [2.45, 2.75) is 51.2 Å². The minimum atomic E-state index is 0.197. The summed E-state index contributed by atoms with van der Waals surface area (Å²) in [5, 5.41) is 6.47. The SMILES string of the molecule is SCSC(C(S)CS)C(SCS)C(S)CSC(SCC(S)C(SCS)C(SCS)C(S)CS)C1SCS1. The number of rotatable bonds is 23. The van der Waals surface area contributed by atoms with Gasteiger partial charge in [-0.2, -0.15) is 126 Å². The summed E-state index contributed by atoms with van der Waals surface area (Å²) >= 11 is 62.7. The quantitative estimate of drug-likeness (QED) is 0.0363. The van der Waals surface area contributed by atoms with Crippen LogP contribution in [0.3, 0.4) is 0 Å². The van der Waals surface area contributed by atoms with Gasteiger partial charge in [0, 0.05) is 90.4 Å². The molecule has 222 valence electrons. The summed E-state index contributed by atoms with van der Waals surface area (Å²) in [5.41, 5.74) is 0. The first-order valence-corrected chi connectivity index (χ1v) is 25.3. The van der Waals surface area contributed by atoms with Crippen molar-refractivity contribution in [1.29, 1.82) is 0 Å². The van der Waals surface area contributed by atoms with Crippen molar-refractivity contribution < 1.29 is 0 Å². The van der Waals surface area contributed by atoms with Crippen LogP contribution in [-0.4, -0.2) is 99.6 Å². The van der Waals surface area contributed by atoms with Gasteiger partial charge < -0.3 is 0 Å². The molecule has 0 aliphatic carbocycles. The van der Waals surface area contributed by atoms with Crippen molar-refractivity contribution in [2.24, 2.45) is 0 Å². The Morgan fingerprint density at radius 3 is 1.08 bits per heavy atom. The lowest BCUT2D eigenvalue weighted by Crippen LogP contribution is -2.39. The molecule has 0 aromatic carbocycles. The van der Waals surface area contributed by atoms with Gasteiger partial charge in [0.25, 0.3) is 0 Å². The number of hydrogen-bond acceptors (Lipinski definition) is 18. The van der Waals surface area contributed by atoms with Crippen molar-refractivity contribution in [3.8, 4) is 0 Å². The van der Waals surface area contributed by atoms with Gasteiger partial charge in [-0.05, 0) is 0 Å². The highest BCUT2D eigenvalue weighted by Gasteiger charge is 2.37. The van der Waals surface area contributed by atoms with Crippen LogP contribution in [0, 0.1) is 0 Å². The lowest BCUT2D eigenvalue weighted by atomic mass is 10.2. The fourth-order valence-corrected chi connectivity index (χ4v) is 19.3. The molecule has 0 aromatic rings. The largest absolute Gasteiger partial charge is 0.178 e. The van der Waals surface area contributed by atoms with Gasteiger partial charge in [0.2, 0.25) is 0 Å². The van der Waals surface area contributed by atoms with E-state index in [1.54, 1.807) is 0 Å². The Bertz CT molecular complexity index is 515. The first kappa shape index (κ1) is 41.3. The zero-order chi connectivity index (χ0) is 27.8. The van der Waals surface area contributed by atoms with E-state index >= 15 is 0 Å². The Morgan fingerprint density at radius 2 is 0.838 bits per heavy atom. The molecule has 1 saturated heterocycles. The molecular weight excluding hydrogens is 805 g/mol. The summed E-state index contributed by atoms with van der Waals surface area (Å²) in [5.74, 6) is 3.45. The maximum Gasteiger partial charge on any atom is 0.0728 e. The van der Waals surface area contributed by atoms with Crippen LogP contribution < -0.4 is 0 Å². The molecule has 1 fully saturated rings. The Balaban J connectivity index is 2.86. The molecule has 0 amide bonds. The van der Waals surface area contributed by atoms with E-state index < -0.39 is 0 Å². The number of thioether (sulfide) groups is 8. The van der Waals surface area contributed by atoms with Gasteiger partial charge in [-0.25, -0.2) is 0 Å². The zero-order valence-electron chi connectivity index (χ0n) is 19.9. The minimum absolute atomic E-state index is 0.197. The summed E-state index contributed by atoms with van der Waals surface area (Å²) in [7, 11) is 0. The van der Waals surface area contributed by atoms with E-state index in [1.165, 1.54) is 5.08 Å². The second-order valence-corrected chi connectivity index (χ2v) is 24.1. The molecular formula is C19H38S18. The van der Waals surface area contributed by atoms with Crippen LogP contribution in [0.15, 0.2) is 0 Å². The monoisotopic (exact) mass is 842 g/mol. The molecule has 1 heterocycles. The predicted octanol–water partition coefficient (Wildman–Crippen LogP) is 8.55. The Morgan fingerprint density at radius 1 is 0.514 bits per heavy atom. The minimum Gasteiger partial charge on any atom is -0.178 e. The fraction of sp³-hybridized carbons (Fsp3) is 1.00. The maximum atomic E-state index is 5.12. The van der Waals surface area contributed by atoms with Crippen molar-refractivity contribution in [3.63, 3.8) is 0 Å². The standard InChI is InChI=1S/C19H38S18/c20-1-10(26)14(32-5-22)16(34-7-24)12(28)3-30-18(19-36-9-37-19)31-4-13(29)17(35-8-25)15(33-6-23)11(27)2-21/h10-29H,1-9H2. The van der Waals surface area contributed by atoms with E-state index in [4.69, 9.17) is 50.5 Å². The van der Waals surface area contributed by atoms with Crippen molar-refractivity contribution in [2.75, 3.05) is 48.4 Å². The van der Waals surface area contributed by atoms with Crippen molar-refractivity contribution in [1.82, 2.24) is 0 Å². The molecule has 0 aromatic heterocycles. The summed E-state index contributed by atoms with van der Waals surface area (Å²) in [6.07, 6.45) is 0. The third-order valence-corrected chi connectivity index (χ3v) is 23.5. The summed E-state index contributed by atoms with van der Waals surface area (Å²) in [6, 6.07) is 0. The van der Waals surface area contributed by atoms with Crippen LogP contribution in [0.1, 0.15) is 0 Å². The van der Waals surface area contributed by atoms with Gasteiger partial charge >= 0.3 is 0 Å². The topological polar surface area (TPSA) is 0 Å². The van der Waals surface area contributed by atoms with Gasteiger partial charge in [-0.3, -0.25) is 0 Å². The third-order valence-electron chi connectivity index (χ3n) is 5.16. The second kappa shape index (κ2) is 25.4. The molecule has 0 saturated carbocycles. The molecule has 18 heteroatoms. The second-order valence-electron chi connectivity index (χ2n) is 7.53. The molecule has 0 spiro atoms. The Hall–Kier alpha value is 6.30. The summed E-state index contributed by atoms with van der Waals surface area (Å²) in [6.45, 7) is 0. The van der Waals surface area contributed by atoms with E-state index in [0.717, 1.165) is 43.4 Å². The lowest BCUT2D eigenvalue weighted by molar-refractivity contribution is 0.777.